The maximum absolute atomic E-state index is 10.9. The highest BCUT2D eigenvalue weighted by Gasteiger charge is 2.22. The highest BCUT2D eigenvalue weighted by atomic mass is 32.2. The number of rotatable bonds is 6. The molecular weight excluding hydrogens is 260 g/mol. The molecule has 1 aliphatic rings. The second-order valence-corrected chi connectivity index (χ2v) is 5.99. The van der Waals surface area contributed by atoms with Crippen molar-refractivity contribution in [3.63, 3.8) is 0 Å². The number of carbonyl (C=O) groups is 1. The van der Waals surface area contributed by atoms with E-state index in [2.05, 4.69) is 48.7 Å². The number of amides is 1. The molecule has 1 fully saturated rings. The molecule has 0 spiro atoms. The van der Waals surface area contributed by atoms with Crippen LogP contribution in [0.5, 0.6) is 0 Å². The van der Waals surface area contributed by atoms with Crippen molar-refractivity contribution in [1.82, 2.24) is 10.6 Å². The molecule has 1 aromatic rings. The van der Waals surface area contributed by atoms with Gasteiger partial charge < -0.3 is 15.4 Å². The second kappa shape index (κ2) is 6.82. The summed E-state index contributed by atoms with van der Waals surface area (Å²) in [6.45, 7) is 5.79. The monoisotopic (exact) mass is 280 g/mol. The van der Waals surface area contributed by atoms with Crippen molar-refractivity contribution in [2.75, 3.05) is 12.3 Å². The van der Waals surface area contributed by atoms with Gasteiger partial charge in [0.1, 0.15) is 6.10 Å². The van der Waals surface area contributed by atoms with Crippen molar-refractivity contribution in [3.05, 3.63) is 29.8 Å². The zero-order valence-electron chi connectivity index (χ0n) is 11.3. The number of cyclic esters (lactones) is 1. The van der Waals surface area contributed by atoms with Gasteiger partial charge in [0.25, 0.3) is 0 Å². The Morgan fingerprint density at radius 2 is 2.16 bits per heavy atom. The van der Waals surface area contributed by atoms with Gasteiger partial charge in [0, 0.05) is 23.2 Å². The van der Waals surface area contributed by atoms with Gasteiger partial charge >= 0.3 is 6.09 Å². The van der Waals surface area contributed by atoms with Crippen LogP contribution in [0.3, 0.4) is 0 Å². The van der Waals surface area contributed by atoms with Gasteiger partial charge in [-0.3, -0.25) is 0 Å². The van der Waals surface area contributed by atoms with Gasteiger partial charge in [-0.25, -0.2) is 4.79 Å². The Morgan fingerprint density at radius 1 is 1.42 bits per heavy atom. The molecule has 1 amide bonds. The zero-order valence-corrected chi connectivity index (χ0v) is 12.1. The van der Waals surface area contributed by atoms with Crippen LogP contribution >= 0.6 is 11.8 Å². The molecule has 1 aliphatic heterocycles. The summed E-state index contributed by atoms with van der Waals surface area (Å²) in [5.41, 5.74) is 1.28. The van der Waals surface area contributed by atoms with Crippen molar-refractivity contribution >= 4 is 17.9 Å². The number of carbonyl (C=O) groups excluding carboxylic acids is 1. The molecule has 1 saturated heterocycles. The molecule has 0 bridgehead atoms. The Bertz CT molecular complexity index is 420. The molecule has 5 heteroatoms. The van der Waals surface area contributed by atoms with Crippen molar-refractivity contribution in [1.29, 1.82) is 0 Å². The molecule has 0 radical (unpaired) electrons. The van der Waals surface area contributed by atoms with Crippen LogP contribution in [0.4, 0.5) is 4.79 Å². The number of hydrogen-bond acceptors (Lipinski definition) is 4. The van der Waals surface area contributed by atoms with E-state index in [4.69, 9.17) is 4.74 Å². The summed E-state index contributed by atoms with van der Waals surface area (Å²) in [7, 11) is 0. The van der Waals surface area contributed by atoms with Crippen molar-refractivity contribution in [2.45, 2.75) is 37.4 Å². The molecule has 1 heterocycles. The highest BCUT2D eigenvalue weighted by molar-refractivity contribution is 7.99. The van der Waals surface area contributed by atoms with Crippen LogP contribution in [-0.4, -0.2) is 30.5 Å². The average Bonchev–Trinajstić information content (AvgIpc) is 2.81. The quantitative estimate of drug-likeness (QED) is 0.786. The van der Waals surface area contributed by atoms with E-state index in [0.29, 0.717) is 12.6 Å². The Balaban J connectivity index is 1.76. The number of thioether (sulfide) groups is 1. The minimum absolute atomic E-state index is 0.0141. The summed E-state index contributed by atoms with van der Waals surface area (Å²) in [5.74, 6) is 0.794. The maximum atomic E-state index is 10.9. The van der Waals surface area contributed by atoms with E-state index in [1.165, 1.54) is 10.5 Å². The van der Waals surface area contributed by atoms with E-state index < -0.39 is 0 Å². The molecule has 4 nitrogen and oxygen atoms in total. The molecule has 0 aromatic heterocycles. The van der Waals surface area contributed by atoms with Crippen molar-refractivity contribution in [2.24, 2.45) is 0 Å². The van der Waals surface area contributed by atoms with Crippen LogP contribution in [-0.2, 0) is 11.3 Å². The topological polar surface area (TPSA) is 50.4 Å². The number of ether oxygens (including phenoxy) is 1. The first-order chi connectivity index (χ1) is 9.13. The normalized spacial score (nSPS) is 18.5. The van der Waals surface area contributed by atoms with Crippen LogP contribution in [0.1, 0.15) is 19.4 Å². The van der Waals surface area contributed by atoms with Gasteiger partial charge in [0.2, 0.25) is 0 Å². The fraction of sp³-hybridized carbons (Fsp3) is 0.500. The third kappa shape index (κ3) is 4.76. The predicted molar refractivity (Wildman–Crippen MR) is 77.4 cm³/mol. The van der Waals surface area contributed by atoms with Crippen molar-refractivity contribution in [3.8, 4) is 0 Å². The van der Waals surface area contributed by atoms with E-state index in [1.54, 1.807) is 11.8 Å². The Morgan fingerprint density at radius 3 is 2.74 bits per heavy atom. The molecule has 1 aromatic carbocycles. The minimum atomic E-state index is -0.305. The Kier molecular flexibility index (Phi) is 5.10. The standard InChI is InChI=1S/C14H20N2O2S/c1-10(2)15-7-11-3-5-13(6-4-11)19-9-12-8-16-14(17)18-12/h3-6,10,12,15H,7-9H2,1-2H3,(H,16,17). The molecule has 0 aliphatic carbocycles. The van der Waals surface area contributed by atoms with Crippen LogP contribution in [0.15, 0.2) is 29.2 Å². The Labute approximate surface area is 118 Å². The lowest BCUT2D eigenvalue weighted by molar-refractivity contribution is 0.150. The zero-order chi connectivity index (χ0) is 13.7. The summed E-state index contributed by atoms with van der Waals surface area (Å²) in [6.07, 6.45) is -0.319. The van der Waals surface area contributed by atoms with E-state index in [0.717, 1.165) is 12.3 Å². The molecule has 0 saturated carbocycles. The lowest BCUT2D eigenvalue weighted by atomic mass is 10.2. The summed E-state index contributed by atoms with van der Waals surface area (Å²) in [5, 5.41) is 6.05. The van der Waals surface area contributed by atoms with Gasteiger partial charge in [-0.15, -0.1) is 11.8 Å². The summed E-state index contributed by atoms with van der Waals surface area (Å²) >= 11 is 1.72. The van der Waals surface area contributed by atoms with E-state index in [-0.39, 0.29) is 12.2 Å². The minimum Gasteiger partial charge on any atom is -0.443 e. The average molecular weight is 280 g/mol. The fourth-order valence-electron chi connectivity index (χ4n) is 1.74. The molecule has 1 atom stereocenters. The van der Waals surface area contributed by atoms with E-state index >= 15 is 0 Å². The molecule has 2 rings (SSSR count). The highest BCUT2D eigenvalue weighted by Crippen LogP contribution is 2.21. The van der Waals surface area contributed by atoms with Crippen LogP contribution in [0, 0.1) is 0 Å². The first kappa shape index (κ1) is 14.2. The maximum Gasteiger partial charge on any atom is 0.407 e. The van der Waals surface area contributed by atoms with Crippen LogP contribution in [0.25, 0.3) is 0 Å². The molecule has 19 heavy (non-hydrogen) atoms. The van der Waals surface area contributed by atoms with Gasteiger partial charge in [-0.1, -0.05) is 26.0 Å². The number of hydrogen-bond donors (Lipinski definition) is 2. The van der Waals surface area contributed by atoms with Crippen LogP contribution < -0.4 is 10.6 Å². The number of alkyl carbamates (subject to hydrolysis) is 1. The first-order valence-corrected chi connectivity index (χ1v) is 7.51. The van der Waals surface area contributed by atoms with Gasteiger partial charge in [0.15, 0.2) is 0 Å². The smallest absolute Gasteiger partial charge is 0.407 e. The number of benzene rings is 1. The van der Waals surface area contributed by atoms with Gasteiger partial charge in [0.05, 0.1) is 6.54 Å². The lowest BCUT2D eigenvalue weighted by Gasteiger charge is -2.09. The second-order valence-electron chi connectivity index (χ2n) is 4.90. The SMILES string of the molecule is CC(C)NCc1ccc(SCC2CNC(=O)O2)cc1. The van der Waals surface area contributed by atoms with E-state index in [9.17, 15) is 4.79 Å². The molecule has 1 unspecified atom stereocenters. The molecule has 2 N–H and O–H groups in total. The van der Waals surface area contributed by atoms with E-state index in [1.807, 2.05) is 0 Å². The van der Waals surface area contributed by atoms with Gasteiger partial charge in [-0.2, -0.15) is 0 Å². The fourth-order valence-corrected chi connectivity index (χ4v) is 2.63. The molecule has 104 valence electrons. The predicted octanol–water partition coefficient (Wildman–Crippen LogP) is 2.39. The molecular formula is C14H20N2O2S. The summed E-state index contributed by atoms with van der Waals surface area (Å²) < 4.78 is 5.09. The number of nitrogens with one attached hydrogen (secondary N) is 2. The third-order valence-corrected chi connectivity index (χ3v) is 3.97. The lowest BCUT2D eigenvalue weighted by Crippen LogP contribution is -2.21. The summed E-state index contributed by atoms with van der Waals surface area (Å²) in [4.78, 5) is 12.1. The Hall–Kier alpha value is -1.20. The van der Waals surface area contributed by atoms with Gasteiger partial charge in [-0.05, 0) is 17.7 Å². The third-order valence-electron chi connectivity index (χ3n) is 2.82. The van der Waals surface area contributed by atoms with Crippen molar-refractivity contribution < 1.29 is 9.53 Å². The summed E-state index contributed by atoms with van der Waals surface area (Å²) in [6, 6.07) is 9.00. The largest absolute Gasteiger partial charge is 0.443 e. The first-order valence-electron chi connectivity index (χ1n) is 6.53. The van der Waals surface area contributed by atoms with Crippen LogP contribution in [0.2, 0.25) is 0 Å².